The predicted octanol–water partition coefficient (Wildman–Crippen LogP) is 0.564. The quantitative estimate of drug-likeness (QED) is 0.776. The van der Waals surface area contributed by atoms with Gasteiger partial charge in [-0.05, 0) is 11.5 Å². The minimum Gasteiger partial charge on any atom is -0.393 e. The summed E-state index contributed by atoms with van der Waals surface area (Å²) in [7, 11) is 1.65. The molecule has 0 aliphatic carbocycles. The maximum atomic E-state index is 11.5. The van der Waals surface area contributed by atoms with Gasteiger partial charge >= 0.3 is 0 Å². The zero-order valence-corrected chi connectivity index (χ0v) is 8.92. The summed E-state index contributed by atoms with van der Waals surface area (Å²) in [6.45, 7) is -0.359. The van der Waals surface area contributed by atoms with E-state index in [1.54, 1.807) is 25.2 Å². The molecule has 2 N–H and O–H groups in total. The summed E-state index contributed by atoms with van der Waals surface area (Å²) < 4.78 is 1.48. The van der Waals surface area contributed by atoms with Gasteiger partial charge in [0.2, 0.25) is 0 Å². The molecule has 0 spiro atoms. The van der Waals surface area contributed by atoms with Crippen LogP contribution in [0.2, 0.25) is 0 Å². The molecule has 1 aromatic carbocycles. The first-order valence-electron chi connectivity index (χ1n) is 5.02. The van der Waals surface area contributed by atoms with Crippen molar-refractivity contribution in [1.29, 1.82) is 0 Å². The molecule has 84 valence electrons. The summed E-state index contributed by atoms with van der Waals surface area (Å²) in [5, 5.41) is 19.5. The Bertz CT molecular complexity index is 574. The number of para-hydroxylation sites is 1. The zero-order valence-electron chi connectivity index (χ0n) is 8.92. The highest BCUT2D eigenvalue weighted by Gasteiger charge is 2.12. The van der Waals surface area contributed by atoms with Crippen molar-refractivity contribution in [3.05, 3.63) is 46.2 Å². The van der Waals surface area contributed by atoms with Gasteiger partial charge in [-0.2, -0.15) is 0 Å². The van der Waals surface area contributed by atoms with Gasteiger partial charge in [0.05, 0.1) is 12.1 Å². The molecule has 1 atom stereocenters. The molecule has 0 radical (unpaired) electrons. The lowest BCUT2D eigenvalue weighted by molar-refractivity contribution is 0.0964. The van der Waals surface area contributed by atoms with Crippen molar-refractivity contribution in [1.82, 2.24) is 4.57 Å². The number of fused-ring (bicyclic) bond motifs is 1. The fraction of sp³-hybridized carbons (Fsp3) is 0.250. The molecular formula is C12H13NO3. The summed E-state index contributed by atoms with van der Waals surface area (Å²) in [5.41, 5.74) is 1.10. The number of hydrogen-bond acceptors (Lipinski definition) is 3. The number of aryl methyl sites for hydroxylation is 1. The van der Waals surface area contributed by atoms with Crippen LogP contribution in [-0.4, -0.2) is 21.4 Å². The molecule has 0 aliphatic heterocycles. The minimum atomic E-state index is -0.961. The average molecular weight is 219 g/mol. The van der Waals surface area contributed by atoms with Gasteiger partial charge in [-0.3, -0.25) is 4.79 Å². The third-order valence-electron chi connectivity index (χ3n) is 2.70. The van der Waals surface area contributed by atoms with Gasteiger partial charge in [0, 0.05) is 18.7 Å². The molecule has 1 unspecified atom stereocenters. The maximum absolute atomic E-state index is 11.5. The van der Waals surface area contributed by atoms with E-state index in [2.05, 4.69) is 0 Å². The largest absolute Gasteiger partial charge is 0.393 e. The number of aliphatic hydroxyl groups is 2. The van der Waals surface area contributed by atoms with Crippen LogP contribution in [0.25, 0.3) is 10.9 Å². The van der Waals surface area contributed by atoms with Crippen LogP contribution in [0.3, 0.4) is 0 Å². The van der Waals surface area contributed by atoms with Gasteiger partial charge in [-0.15, -0.1) is 0 Å². The summed E-state index contributed by atoms with van der Waals surface area (Å²) in [6, 6.07) is 8.56. The highest BCUT2D eigenvalue weighted by Crippen LogP contribution is 2.22. The van der Waals surface area contributed by atoms with E-state index in [1.165, 1.54) is 10.6 Å². The maximum Gasteiger partial charge on any atom is 0.250 e. The molecule has 4 heteroatoms. The molecule has 2 aromatic rings. The third-order valence-corrected chi connectivity index (χ3v) is 2.70. The van der Waals surface area contributed by atoms with E-state index >= 15 is 0 Å². The fourth-order valence-corrected chi connectivity index (χ4v) is 1.85. The predicted molar refractivity (Wildman–Crippen MR) is 61.2 cm³/mol. The minimum absolute atomic E-state index is 0.134. The first kappa shape index (κ1) is 10.9. The molecule has 2 rings (SSSR count). The van der Waals surface area contributed by atoms with E-state index in [0.29, 0.717) is 11.1 Å². The molecule has 4 nitrogen and oxygen atoms in total. The smallest absolute Gasteiger partial charge is 0.250 e. The van der Waals surface area contributed by atoms with E-state index < -0.39 is 6.10 Å². The first-order chi connectivity index (χ1) is 7.65. The highest BCUT2D eigenvalue weighted by atomic mass is 16.3. The summed E-state index contributed by atoms with van der Waals surface area (Å²) in [5.74, 6) is 0. The van der Waals surface area contributed by atoms with Crippen LogP contribution in [-0.2, 0) is 7.05 Å². The Hall–Kier alpha value is -1.65. The van der Waals surface area contributed by atoms with Gasteiger partial charge in [0.15, 0.2) is 0 Å². The van der Waals surface area contributed by atoms with E-state index in [-0.39, 0.29) is 12.2 Å². The second-order valence-corrected chi connectivity index (χ2v) is 3.71. The standard InChI is InChI=1S/C12H13NO3/c1-13-11(16)6-5-8-3-2-4-9(12(8)13)10(15)7-14/h2-6,10,14-15H,7H2,1H3. The van der Waals surface area contributed by atoms with Crippen LogP contribution in [0, 0.1) is 0 Å². The lowest BCUT2D eigenvalue weighted by atomic mass is 10.1. The Kier molecular flexibility index (Phi) is 2.77. The van der Waals surface area contributed by atoms with Crippen molar-refractivity contribution in [3.63, 3.8) is 0 Å². The van der Waals surface area contributed by atoms with Crippen molar-refractivity contribution in [3.8, 4) is 0 Å². The Balaban J connectivity index is 2.84. The van der Waals surface area contributed by atoms with Crippen molar-refractivity contribution in [2.75, 3.05) is 6.61 Å². The lowest BCUT2D eigenvalue weighted by Gasteiger charge is -2.13. The molecule has 0 fully saturated rings. The van der Waals surface area contributed by atoms with E-state index in [1.807, 2.05) is 6.07 Å². The number of aromatic nitrogens is 1. The number of hydrogen-bond donors (Lipinski definition) is 2. The topological polar surface area (TPSA) is 62.5 Å². The number of benzene rings is 1. The van der Waals surface area contributed by atoms with Crippen LogP contribution in [0.4, 0.5) is 0 Å². The number of nitrogens with zero attached hydrogens (tertiary/aromatic N) is 1. The van der Waals surface area contributed by atoms with Crippen LogP contribution in [0.15, 0.2) is 35.1 Å². The summed E-state index contributed by atoms with van der Waals surface area (Å²) in [6.07, 6.45) is -0.961. The summed E-state index contributed by atoms with van der Waals surface area (Å²) >= 11 is 0. The second-order valence-electron chi connectivity index (χ2n) is 3.71. The van der Waals surface area contributed by atoms with E-state index in [0.717, 1.165) is 5.39 Å². The van der Waals surface area contributed by atoms with E-state index in [4.69, 9.17) is 5.11 Å². The van der Waals surface area contributed by atoms with Gasteiger partial charge < -0.3 is 14.8 Å². The number of aliphatic hydroxyl groups excluding tert-OH is 2. The molecule has 0 saturated carbocycles. The third kappa shape index (κ3) is 1.62. The second kappa shape index (κ2) is 4.08. The zero-order chi connectivity index (χ0) is 11.7. The average Bonchev–Trinajstić information content (AvgIpc) is 2.32. The number of pyridine rings is 1. The van der Waals surface area contributed by atoms with Crippen LogP contribution in [0.5, 0.6) is 0 Å². The van der Waals surface area contributed by atoms with Crippen molar-refractivity contribution >= 4 is 10.9 Å². The van der Waals surface area contributed by atoms with Gasteiger partial charge in [0.25, 0.3) is 5.56 Å². The molecule has 1 heterocycles. The van der Waals surface area contributed by atoms with Gasteiger partial charge in [0.1, 0.15) is 6.10 Å². The summed E-state index contributed by atoms with van der Waals surface area (Å²) in [4.78, 5) is 11.5. The van der Waals surface area contributed by atoms with Crippen LogP contribution >= 0.6 is 0 Å². The monoisotopic (exact) mass is 219 g/mol. The molecule has 0 aliphatic rings. The van der Waals surface area contributed by atoms with Gasteiger partial charge in [-0.25, -0.2) is 0 Å². The Labute approximate surface area is 92.4 Å². The molecule has 0 amide bonds. The van der Waals surface area contributed by atoms with Crippen molar-refractivity contribution < 1.29 is 10.2 Å². The Morgan fingerprint density at radius 2 is 2.06 bits per heavy atom. The highest BCUT2D eigenvalue weighted by molar-refractivity contribution is 5.82. The molecule has 16 heavy (non-hydrogen) atoms. The lowest BCUT2D eigenvalue weighted by Crippen LogP contribution is -2.17. The molecule has 0 saturated heterocycles. The molecular weight excluding hydrogens is 206 g/mol. The van der Waals surface area contributed by atoms with Crippen LogP contribution < -0.4 is 5.56 Å². The van der Waals surface area contributed by atoms with Crippen molar-refractivity contribution in [2.45, 2.75) is 6.10 Å². The molecule has 0 bridgehead atoms. The normalized spacial score (nSPS) is 12.9. The van der Waals surface area contributed by atoms with Gasteiger partial charge in [-0.1, -0.05) is 18.2 Å². The molecule has 1 aromatic heterocycles. The Morgan fingerprint density at radius 1 is 1.31 bits per heavy atom. The SMILES string of the molecule is Cn1c(=O)ccc2cccc(C(O)CO)c21. The van der Waals surface area contributed by atoms with Crippen LogP contribution in [0.1, 0.15) is 11.7 Å². The fourth-order valence-electron chi connectivity index (χ4n) is 1.85. The number of rotatable bonds is 2. The van der Waals surface area contributed by atoms with E-state index in [9.17, 15) is 9.90 Å². The van der Waals surface area contributed by atoms with Crippen molar-refractivity contribution in [2.24, 2.45) is 7.05 Å². The first-order valence-corrected chi connectivity index (χ1v) is 5.02. The Morgan fingerprint density at radius 3 is 2.75 bits per heavy atom.